The van der Waals surface area contributed by atoms with Gasteiger partial charge in [0.1, 0.15) is 16.6 Å². The van der Waals surface area contributed by atoms with Gasteiger partial charge in [0, 0.05) is 25.9 Å². The van der Waals surface area contributed by atoms with Gasteiger partial charge in [0.05, 0.1) is 0 Å². The van der Waals surface area contributed by atoms with Crippen LogP contribution in [0.3, 0.4) is 0 Å². The van der Waals surface area contributed by atoms with E-state index in [9.17, 15) is 0 Å². The summed E-state index contributed by atoms with van der Waals surface area (Å²) < 4.78 is 2.52. The van der Waals surface area contributed by atoms with Crippen LogP contribution in [0.2, 0.25) is 0 Å². The van der Waals surface area contributed by atoms with Crippen molar-refractivity contribution in [2.75, 3.05) is 17.2 Å². The van der Waals surface area contributed by atoms with Crippen LogP contribution in [0.25, 0.3) is 0 Å². The van der Waals surface area contributed by atoms with Crippen molar-refractivity contribution in [2.24, 2.45) is 7.05 Å². The standard InChI is InChI=1S/C10H13BrN6/c1-3-12-9-8(11)10(14-6-13-9)15-7-4-5-17(2)16-7/h4-6H,3H2,1-2H3,(H2,12,13,14,15,16). The third-order valence-corrected chi connectivity index (χ3v) is 2.84. The number of aromatic nitrogens is 4. The first-order valence-corrected chi connectivity index (χ1v) is 6.01. The summed E-state index contributed by atoms with van der Waals surface area (Å²) in [6.45, 7) is 2.82. The molecule has 7 heteroatoms. The van der Waals surface area contributed by atoms with Gasteiger partial charge in [0.15, 0.2) is 11.6 Å². The molecule has 2 aromatic heterocycles. The first kappa shape index (κ1) is 11.8. The summed E-state index contributed by atoms with van der Waals surface area (Å²) in [4.78, 5) is 8.31. The molecule has 0 aliphatic carbocycles. The first-order chi connectivity index (χ1) is 8.20. The molecule has 2 rings (SSSR count). The summed E-state index contributed by atoms with van der Waals surface area (Å²) in [5.74, 6) is 2.20. The second-order valence-electron chi connectivity index (χ2n) is 3.41. The second-order valence-corrected chi connectivity index (χ2v) is 4.21. The molecular formula is C10H13BrN6. The molecule has 17 heavy (non-hydrogen) atoms. The number of nitrogens with zero attached hydrogens (tertiary/aromatic N) is 4. The molecule has 0 radical (unpaired) electrons. The highest BCUT2D eigenvalue weighted by Crippen LogP contribution is 2.28. The van der Waals surface area contributed by atoms with Crippen molar-refractivity contribution < 1.29 is 0 Å². The Kier molecular flexibility index (Phi) is 3.58. The van der Waals surface area contributed by atoms with Crippen molar-refractivity contribution >= 4 is 33.4 Å². The van der Waals surface area contributed by atoms with E-state index in [0.717, 1.165) is 22.7 Å². The van der Waals surface area contributed by atoms with E-state index in [1.54, 1.807) is 4.68 Å². The van der Waals surface area contributed by atoms with Crippen molar-refractivity contribution in [3.8, 4) is 0 Å². The summed E-state index contributed by atoms with van der Waals surface area (Å²) in [5, 5.41) is 10.5. The minimum Gasteiger partial charge on any atom is -0.369 e. The molecule has 2 heterocycles. The van der Waals surface area contributed by atoms with Gasteiger partial charge >= 0.3 is 0 Å². The fraction of sp³-hybridized carbons (Fsp3) is 0.300. The van der Waals surface area contributed by atoms with Crippen LogP contribution in [0, 0.1) is 0 Å². The maximum absolute atomic E-state index is 4.23. The Labute approximate surface area is 108 Å². The predicted octanol–water partition coefficient (Wildman–Crippen LogP) is 2.15. The number of hydrogen-bond acceptors (Lipinski definition) is 5. The molecule has 0 saturated carbocycles. The highest BCUT2D eigenvalue weighted by atomic mass is 79.9. The van der Waals surface area contributed by atoms with E-state index in [2.05, 4.69) is 41.6 Å². The fourth-order valence-corrected chi connectivity index (χ4v) is 1.79. The van der Waals surface area contributed by atoms with Gasteiger partial charge in [-0.25, -0.2) is 9.97 Å². The Hall–Kier alpha value is -1.63. The lowest BCUT2D eigenvalue weighted by Gasteiger charge is -2.08. The van der Waals surface area contributed by atoms with Crippen LogP contribution in [0.5, 0.6) is 0 Å². The molecule has 2 N–H and O–H groups in total. The molecule has 0 unspecified atom stereocenters. The van der Waals surface area contributed by atoms with Gasteiger partial charge in [-0.05, 0) is 22.9 Å². The molecule has 0 spiro atoms. The van der Waals surface area contributed by atoms with Crippen molar-refractivity contribution in [2.45, 2.75) is 6.92 Å². The number of halogens is 1. The van der Waals surface area contributed by atoms with Gasteiger partial charge in [-0.2, -0.15) is 5.10 Å². The Balaban J connectivity index is 2.23. The molecule has 6 nitrogen and oxygen atoms in total. The van der Waals surface area contributed by atoms with Crippen LogP contribution in [-0.2, 0) is 7.05 Å². The highest BCUT2D eigenvalue weighted by Gasteiger charge is 2.08. The maximum atomic E-state index is 4.23. The largest absolute Gasteiger partial charge is 0.369 e. The Bertz CT molecular complexity index is 509. The fourth-order valence-electron chi connectivity index (χ4n) is 1.35. The number of nitrogens with one attached hydrogen (secondary N) is 2. The van der Waals surface area contributed by atoms with E-state index in [0.29, 0.717) is 5.82 Å². The summed E-state index contributed by atoms with van der Waals surface area (Å²) >= 11 is 3.46. The van der Waals surface area contributed by atoms with Crippen molar-refractivity contribution in [3.05, 3.63) is 23.1 Å². The third kappa shape index (κ3) is 2.73. The minimum absolute atomic E-state index is 0.689. The average Bonchev–Trinajstić information content (AvgIpc) is 2.70. The summed E-state index contributed by atoms with van der Waals surface area (Å²) in [6.07, 6.45) is 3.37. The van der Waals surface area contributed by atoms with Crippen molar-refractivity contribution in [3.63, 3.8) is 0 Å². The molecule has 0 saturated heterocycles. The SMILES string of the molecule is CCNc1ncnc(Nc2ccn(C)n2)c1Br. The molecule has 0 atom stereocenters. The Morgan fingerprint density at radius 1 is 1.35 bits per heavy atom. The predicted molar refractivity (Wildman–Crippen MR) is 70.4 cm³/mol. The van der Waals surface area contributed by atoms with E-state index in [1.807, 2.05) is 26.2 Å². The molecule has 90 valence electrons. The van der Waals surface area contributed by atoms with Crippen LogP contribution in [0.4, 0.5) is 17.5 Å². The van der Waals surface area contributed by atoms with Crippen LogP contribution < -0.4 is 10.6 Å². The summed E-state index contributed by atoms with van der Waals surface area (Å²) in [5.41, 5.74) is 0. The zero-order valence-corrected chi connectivity index (χ0v) is 11.2. The van der Waals surface area contributed by atoms with Crippen LogP contribution in [-0.4, -0.2) is 26.3 Å². The molecule has 2 aromatic rings. The van der Waals surface area contributed by atoms with Gasteiger partial charge in [-0.1, -0.05) is 0 Å². The summed E-state index contributed by atoms with van der Waals surface area (Å²) in [7, 11) is 1.87. The molecular weight excluding hydrogens is 284 g/mol. The highest BCUT2D eigenvalue weighted by molar-refractivity contribution is 9.10. The van der Waals surface area contributed by atoms with E-state index >= 15 is 0 Å². The molecule has 0 aromatic carbocycles. The Morgan fingerprint density at radius 2 is 2.12 bits per heavy atom. The van der Waals surface area contributed by atoms with Gasteiger partial charge in [0.2, 0.25) is 0 Å². The van der Waals surface area contributed by atoms with Crippen molar-refractivity contribution in [1.29, 1.82) is 0 Å². The number of hydrogen-bond donors (Lipinski definition) is 2. The van der Waals surface area contributed by atoms with Gasteiger partial charge in [0.25, 0.3) is 0 Å². The quantitative estimate of drug-likeness (QED) is 0.905. The molecule has 0 fully saturated rings. The zero-order valence-electron chi connectivity index (χ0n) is 9.61. The molecule has 0 bridgehead atoms. The normalized spacial score (nSPS) is 10.3. The second kappa shape index (κ2) is 5.13. The lowest BCUT2D eigenvalue weighted by atomic mass is 10.5. The smallest absolute Gasteiger partial charge is 0.153 e. The average molecular weight is 297 g/mol. The number of aryl methyl sites for hydroxylation is 1. The van der Waals surface area contributed by atoms with Crippen LogP contribution in [0.1, 0.15) is 6.92 Å². The zero-order chi connectivity index (χ0) is 12.3. The van der Waals surface area contributed by atoms with Crippen molar-refractivity contribution in [1.82, 2.24) is 19.7 Å². The monoisotopic (exact) mass is 296 g/mol. The van der Waals surface area contributed by atoms with E-state index in [-0.39, 0.29) is 0 Å². The minimum atomic E-state index is 0.689. The lowest BCUT2D eigenvalue weighted by Crippen LogP contribution is -2.04. The van der Waals surface area contributed by atoms with E-state index in [4.69, 9.17) is 0 Å². The Morgan fingerprint density at radius 3 is 2.76 bits per heavy atom. The van der Waals surface area contributed by atoms with E-state index < -0.39 is 0 Å². The first-order valence-electron chi connectivity index (χ1n) is 5.21. The van der Waals surface area contributed by atoms with Crippen LogP contribution in [0.15, 0.2) is 23.1 Å². The lowest BCUT2D eigenvalue weighted by molar-refractivity contribution is 0.771. The number of rotatable bonds is 4. The summed E-state index contributed by atoms with van der Waals surface area (Å²) in [6, 6.07) is 1.88. The topological polar surface area (TPSA) is 67.7 Å². The third-order valence-electron chi connectivity index (χ3n) is 2.09. The molecule has 0 aliphatic heterocycles. The van der Waals surface area contributed by atoms with Gasteiger partial charge < -0.3 is 10.6 Å². The number of anilines is 3. The molecule has 0 amide bonds. The maximum Gasteiger partial charge on any atom is 0.153 e. The van der Waals surface area contributed by atoms with Gasteiger partial charge in [-0.15, -0.1) is 0 Å². The van der Waals surface area contributed by atoms with Gasteiger partial charge in [-0.3, -0.25) is 4.68 Å². The van der Waals surface area contributed by atoms with Crippen LogP contribution >= 0.6 is 15.9 Å². The van der Waals surface area contributed by atoms with E-state index in [1.165, 1.54) is 6.33 Å². The molecule has 0 aliphatic rings.